The highest BCUT2D eigenvalue weighted by Gasteiger charge is 1.91. The van der Waals surface area contributed by atoms with Gasteiger partial charge < -0.3 is 5.73 Å². The predicted molar refractivity (Wildman–Crippen MR) is 51.3 cm³/mol. The van der Waals surface area contributed by atoms with Crippen LogP contribution in [0.25, 0.3) is 0 Å². The molecule has 0 unspecified atom stereocenters. The number of hydrogen-bond donors (Lipinski definition) is 1. The van der Waals surface area contributed by atoms with Crippen molar-refractivity contribution in [2.75, 3.05) is 6.54 Å². The minimum atomic E-state index is -0.386. The lowest BCUT2D eigenvalue weighted by Crippen LogP contribution is -2.02. The highest BCUT2D eigenvalue weighted by atomic mass is 35.5. The quantitative estimate of drug-likeness (QED) is 0.774. The Balaban J connectivity index is 0.00000121. The van der Waals surface area contributed by atoms with Crippen molar-refractivity contribution >= 4 is 12.4 Å². The van der Waals surface area contributed by atoms with Crippen molar-refractivity contribution in [1.82, 2.24) is 0 Å². The highest BCUT2D eigenvalue weighted by Crippen LogP contribution is 2.05. The topological polar surface area (TPSA) is 26.0 Å². The molecule has 1 aromatic rings. The Morgan fingerprint density at radius 2 is 1.58 bits per heavy atom. The molecule has 0 fully saturated rings. The van der Waals surface area contributed by atoms with Gasteiger partial charge in [-0.25, -0.2) is 4.39 Å². The molecule has 0 aliphatic rings. The molecule has 0 spiro atoms. The van der Waals surface area contributed by atoms with E-state index in [9.17, 15) is 4.39 Å². The molecule has 0 bridgehead atoms. The van der Waals surface area contributed by atoms with Crippen molar-refractivity contribution in [1.29, 1.82) is 0 Å². The van der Waals surface area contributed by atoms with Crippen molar-refractivity contribution in [3.63, 3.8) is 0 Å². The van der Waals surface area contributed by atoms with Crippen molar-refractivity contribution in [2.45, 2.75) is 13.1 Å². The lowest BCUT2D eigenvalue weighted by atomic mass is 10.1. The minimum absolute atomic E-state index is 0. The lowest BCUT2D eigenvalue weighted by molar-refractivity contribution is 0.485. The number of rotatable bonds is 3. The molecule has 1 nitrogen and oxygen atoms in total. The second kappa shape index (κ2) is 5.98. The van der Waals surface area contributed by atoms with E-state index in [1.165, 1.54) is 5.56 Å². The molecule has 0 saturated heterocycles. The van der Waals surface area contributed by atoms with Crippen molar-refractivity contribution in [3.8, 4) is 0 Å². The van der Waals surface area contributed by atoms with E-state index in [1.807, 2.05) is 12.1 Å². The first-order chi connectivity index (χ1) is 5.36. The first-order valence-electron chi connectivity index (χ1n) is 3.70. The smallest absolute Gasteiger partial charge is 0.115 e. The molecule has 0 aliphatic heterocycles. The second-order valence-corrected chi connectivity index (χ2v) is 2.49. The maximum absolute atomic E-state index is 12.0. The summed E-state index contributed by atoms with van der Waals surface area (Å²) in [5.41, 5.74) is 7.26. The molecule has 2 N–H and O–H groups in total. The van der Waals surface area contributed by atoms with Crippen molar-refractivity contribution in [3.05, 3.63) is 35.4 Å². The zero-order valence-electron chi connectivity index (χ0n) is 6.79. The van der Waals surface area contributed by atoms with Crippen LogP contribution in [0, 0.1) is 0 Å². The van der Waals surface area contributed by atoms with Gasteiger partial charge in [0.1, 0.15) is 6.67 Å². The third-order valence-corrected chi connectivity index (χ3v) is 1.61. The Morgan fingerprint density at radius 1 is 1.08 bits per heavy atom. The van der Waals surface area contributed by atoms with Gasteiger partial charge in [0.25, 0.3) is 0 Å². The van der Waals surface area contributed by atoms with Crippen LogP contribution in [-0.2, 0) is 13.1 Å². The Morgan fingerprint density at radius 3 is 2.00 bits per heavy atom. The normalized spacial score (nSPS) is 9.17. The fourth-order valence-electron chi connectivity index (χ4n) is 0.962. The third-order valence-electron chi connectivity index (χ3n) is 1.61. The van der Waals surface area contributed by atoms with E-state index < -0.39 is 0 Å². The van der Waals surface area contributed by atoms with Gasteiger partial charge in [0.2, 0.25) is 0 Å². The van der Waals surface area contributed by atoms with E-state index in [2.05, 4.69) is 0 Å². The first-order valence-corrected chi connectivity index (χ1v) is 3.70. The molecular weight excluding hydrogens is 177 g/mol. The number of halogens is 2. The van der Waals surface area contributed by atoms with E-state index in [0.29, 0.717) is 6.54 Å². The van der Waals surface area contributed by atoms with Gasteiger partial charge in [0, 0.05) is 0 Å². The molecule has 68 valence electrons. The lowest BCUT2D eigenvalue weighted by Gasteiger charge is -1.98. The molecular formula is C9H13ClFN. The number of alkyl halides is 1. The van der Waals surface area contributed by atoms with Crippen LogP contribution < -0.4 is 5.73 Å². The van der Waals surface area contributed by atoms with Crippen LogP contribution in [0.3, 0.4) is 0 Å². The molecule has 12 heavy (non-hydrogen) atoms. The fourth-order valence-corrected chi connectivity index (χ4v) is 0.962. The molecule has 0 heterocycles. The molecule has 1 rings (SSSR count). The third kappa shape index (κ3) is 3.20. The Kier molecular flexibility index (Phi) is 5.68. The van der Waals surface area contributed by atoms with E-state index in [0.717, 1.165) is 12.0 Å². The van der Waals surface area contributed by atoms with Gasteiger partial charge in [0.15, 0.2) is 0 Å². The summed E-state index contributed by atoms with van der Waals surface area (Å²) in [6, 6.07) is 7.43. The van der Waals surface area contributed by atoms with E-state index >= 15 is 0 Å². The van der Waals surface area contributed by atoms with Crippen LogP contribution in [0.1, 0.15) is 11.1 Å². The van der Waals surface area contributed by atoms with Crippen molar-refractivity contribution < 1.29 is 4.39 Å². The van der Waals surface area contributed by atoms with Gasteiger partial charge in [-0.1, -0.05) is 24.3 Å². The second-order valence-electron chi connectivity index (χ2n) is 2.49. The van der Waals surface area contributed by atoms with E-state index in [4.69, 9.17) is 5.73 Å². The van der Waals surface area contributed by atoms with Gasteiger partial charge >= 0.3 is 0 Å². The average molecular weight is 190 g/mol. The Labute approximate surface area is 78.2 Å². The van der Waals surface area contributed by atoms with E-state index in [-0.39, 0.29) is 19.1 Å². The summed E-state index contributed by atoms with van der Waals surface area (Å²) in [4.78, 5) is 0. The van der Waals surface area contributed by atoms with Gasteiger partial charge in [-0.05, 0) is 24.1 Å². The number of hydrogen-bond acceptors (Lipinski definition) is 1. The van der Waals surface area contributed by atoms with Crippen LogP contribution in [0.4, 0.5) is 4.39 Å². The van der Waals surface area contributed by atoms with E-state index in [1.54, 1.807) is 12.1 Å². The summed E-state index contributed by atoms with van der Waals surface area (Å²) in [6.45, 7) is 0.262. The highest BCUT2D eigenvalue weighted by molar-refractivity contribution is 5.85. The summed E-state index contributed by atoms with van der Waals surface area (Å²) in [6.07, 6.45) is 0.868. The van der Waals surface area contributed by atoms with Crippen LogP contribution in [0.5, 0.6) is 0 Å². The maximum atomic E-state index is 12.0. The molecule has 0 aromatic heterocycles. The number of benzene rings is 1. The van der Waals surface area contributed by atoms with Crippen molar-refractivity contribution in [2.24, 2.45) is 5.73 Å². The summed E-state index contributed by atoms with van der Waals surface area (Å²) in [5.74, 6) is 0. The average Bonchev–Trinajstić information content (AvgIpc) is 2.07. The van der Waals surface area contributed by atoms with Gasteiger partial charge in [0.05, 0.1) is 0 Å². The SMILES string of the molecule is Cl.NCCc1ccc(CF)cc1. The maximum Gasteiger partial charge on any atom is 0.115 e. The predicted octanol–water partition coefficient (Wildman–Crippen LogP) is 2.08. The molecule has 3 heteroatoms. The van der Waals surface area contributed by atoms with Crippen LogP contribution in [-0.4, -0.2) is 6.54 Å². The van der Waals surface area contributed by atoms with Gasteiger partial charge in [-0.3, -0.25) is 0 Å². The summed E-state index contributed by atoms with van der Waals surface area (Å²) in [5, 5.41) is 0. The molecule has 0 amide bonds. The van der Waals surface area contributed by atoms with Crippen LogP contribution in [0.2, 0.25) is 0 Å². The summed E-state index contributed by atoms with van der Waals surface area (Å²) >= 11 is 0. The Bertz CT molecular complexity index is 210. The Hall–Kier alpha value is -0.600. The molecule has 1 aromatic carbocycles. The molecule has 0 atom stereocenters. The standard InChI is InChI=1S/C9H12FN.ClH/c10-7-9-3-1-8(2-4-9)5-6-11;/h1-4H,5-7,11H2;1H. The van der Waals surface area contributed by atoms with Crippen LogP contribution >= 0.6 is 12.4 Å². The van der Waals surface area contributed by atoms with Gasteiger partial charge in [-0.2, -0.15) is 0 Å². The summed E-state index contributed by atoms with van der Waals surface area (Å²) in [7, 11) is 0. The van der Waals surface area contributed by atoms with Gasteiger partial charge in [-0.15, -0.1) is 12.4 Å². The fraction of sp³-hybridized carbons (Fsp3) is 0.333. The molecule has 0 saturated carbocycles. The largest absolute Gasteiger partial charge is 0.330 e. The first kappa shape index (κ1) is 11.4. The zero-order chi connectivity index (χ0) is 8.10. The monoisotopic (exact) mass is 189 g/mol. The molecule has 0 aliphatic carbocycles. The minimum Gasteiger partial charge on any atom is -0.330 e. The van der Waals surface area contributed by atoms with Crippen LogP contribution in [0.15, 0.2) is 24.3 Å². The summed E-state index contributed by atoms with van der Waals surface area (Å²) < 4.78 is 12.0. The zero-order valence-corrected chi connectivity index (χ0v) is 7.61. The number of nitrogens with two attached hydrogens (primary N) is 1. The molecule has 0 radical (unpaired) electrons.